The van der Waals surface area contributed by atoms with Gasteiger partial charge in [-0.05, 0) is 35.8 Å². The highest BCUT2D eigenvalue weighted by Crippen LogP contribution is 2.34. The van der Waals surface area contributed by atoms with Gasteiger partial charge in [-0.15, -0.1) is 0 Å². The van der Waals surface area contributed by atoms with Crippen molar-refractivity contribution in [1.82, 2.24) is 0 Å². The lowest BCUT2D eigenvalue weighted by Crippen LogP contribution is -2.07. The van der Waals surface area contributed by atoms with Crippen molar-refractivity contribution in [2.45, 2.75) is 40.5 Å². The molecule has 0 fully saturated rings. The van der Waals surface area contributed by atoms with Gasteiger partial charge in [-0.25, -0.2) is 4.39 Å². The predicted molar refractivity (Wildman–Crippen MR) is 55.1 cm³/mol. The Morgan fingerprint density at radius 3 is 2.23 bits per heavy atom. The second kappa shape index (κ2) is 4.08. The summed E-state index contributed by atoms with van der Waals surface area (Å²) >= 11 is 0. The van der Waals surface area contributed by atoms with Crippen molar-refractivity contribution >= 4 is 0 Å². The van der Waals surface area contributed by atoms with Gasteiger partial charge in [0.15, 0.2) is 0 Å². The maximum Gasteiger partial charge on any atom is 0.125 e. The van der Waals surface area contributed by atoms with Crippen LogP contribution in [0.5, 0.6) is 0 Å². The minimum absolute atomic E-state index is 0.0660. The molecule has 0 spiro atoms. The summed E-state index contributed by atoms with van der Waals surface area (Å²) in [6.07, 6.45) is 3.96. The van der Waals surface area contributed by atoms with Crippen LogP contribution in [0, 0.1) is 11.8 Å². The monoisotopic (exact) mass is 182 g/mol. The van der Waals surface area contributed by atoms with Gasteiger partial charge < -0.3 is 0 Å². The third-order valence-corrected chi connectivity index (χ3v) is 2.63. The van der Waals surface area contributed by atoms with Crippen LogP contribution in [0.1, 0.15) is 40.5 Å². The number of allylic oxidation sites excluding steroid dienone is 4. The third kappa shape index (κ3) is 2.20. The molecule has 74 valence electrons. The summed E-state index contributed by atoms with van der Waals surface area (Å²) in [5, 5.41) is 0. The van der Waals surface area contributed by atoms with Crippen molar-refractivity contribution in [3.8, 4) is 0 Å². The Morgan fingerprint density at radius 2 is 1.77 bits per heavy atom. The molecule has 0 aromatic carbocycles. The highest BCUT2D eigenvalue weighted by Gasteiger charge is 2.19. The van der Waals surface area contributed by atoms with Crippen LogP contribution >= 0.6 is 0 Å². The smallest absolute Gasteiger partial charge is 0.125 e. The predicted octanol–water partition coefficient (Wildman–Crippen LogP) is 4.24. The molecule has 0 radical (unpaired) electrons. The highest BCUT2D eigenvalue weighted by atomic mass is 19.1. The molecule has 13 heavy (non-hydrogen) atoms. The zero-order chi connectivity index (χ0) is 10.0. The minimum Gasteiger partial charge on any atom is -0.207 e. The number of rotatable bonds is 2. The molecule has 0 heterocycles. The molecule has 0 saturated carbocycles. The maximum atomic E-state index is 13.8. The molecule has 0 aromatic heterocycles. The van der Waals surface area contributed by atoms with Gasteiger partial charge in [-0.3, -0.25) is 0 Å². The fourth-order valence-electron chi connectivity index (χ4n) is 1.80. The Balaban J connectivity index is 2.96. The first kappa shape index (κ1) is 10.5. The van der Waals surface area contributed by atoms with Crippen LogP contribution in [-0.2, 0) is 0 Å². The molecule has 0 bridgehead atoms. The van der Waals surface area contributed by atoms with E-state index in [9.17, 15) is 4.39 Å². The van der Waals surface area contributed by atoms with Crippen molar-refractivity contribution < 1.29 is 4.39 Å². The van der Waals surface area contributed by atoms with E-state index in [4.69, 9.17) is 0 Å². The number of hydrogen-bond acceptors (Lipinski definition) is 0. The quantitative estimate of drug-likeness (QED) is 0.599. The molecule has 1 aliphatic rings. The molecule has 0 atom stereocenters. The highest BCUT2D eigenvalue weighted by molar-refractivity contribution is 5.35. The molecular formula is C12H19F. The van der Waals surface area contributed by atoms with Crippen molar-refractivity contribution in [3.63, 3.8) is 0 Å². The fourth-order valence-corrected chi connectivity index (χ4v) is 1.80. The molecule has 0 unspecified atom stereocenters. The van der Waals surface area contributed by atoms with Crippen LogP contribution in [0.4, 0.5) is 4.39 Å². The Kier molecular flexibility index (Phi) is 3.29. The average molecular weight is 182 g/mol. The Morgan fingerprint density at radius 1 is 1.15 bits per heavy atom. The largest absolute Gasteiger partial charge is 0.207 e. The van der Waals surface area contributed by atoms with Gasteiger partial charge in [0.2, 0.25) is 0 Å². The van der Waals surface area contributed by atoms with Gasteiger partial charge in [0.05, 0.1) is 0 Å². The van der Waals surface area contributed by atoms with E-state index in [1.807, 2.05) is 6.08 Å². The summed E-state index contributed by atoms with van der Waals surface area (Å²) in [6.45, 7) is 8.24. The molecule has 0 nitrogen and oxygen atoms in total. The van der Waals surface area contributed by atoms with Crippen molar-refractivity contribution in [1.29, 1.82) is 0 Å². The van der Waals surface area contributed by atoms with Crippen molar-refractivity contribution in [2.24, 2.45) is 11.8 Å². The Labute approximate surface area is 80.5 Å². The van der Waals surface area contributed by atoms with Gasteiger partial charge in [-0.2, -0.15) is 0 Å². The molecule has 0 saturated heterocycles. The first-order chi connectivity index (χ1) is 6.04. The van der Waals surface area contributed by atoms with E-state index in [-0.39, 0.29) is 5.83 Å². The van der Waals surface area contributed by atoms with E-state index in [0.29, 0.717) is 11.8 Å². The van der Waals surface area contributed by atoms with E-state index in [0.717, 1.165) is 24.0 Å². The van der Waals surface area contributed by atoms with Crippen LogP contribution in [0.15, 0.2) is 23.0 Å². The number of halogens is 1. The maximum absolute atomic E-state index is 13.8. The average Bonchev–Trinajstić information content (AvgIpc) is 2.03. The van der Waals surface area contributed by atoms with Crippen LogP contribution in [0.2, 0.25) is 0 Å². The van der Waals surface area contributed by atoms with Crippen LogP contribution in [0.25, 0.3) is 0 Å². The molecule has 1 heteroatoms. The third-order valence-electron chi connectivity index (χ3n) is 2.63. The molecular weight excluding hydrogens is 163 g/mol. The Hall–Kier alpha value is -0.590. The summed E-state index contributed by atoms with van der Waals surface area (Å²) in [4.78, 5) is 0. The van der Waals surface area contributed by atoms with E-state index < -0.39 is 0 Å². The summed E-state index contributed by atoms with van der Waals surface area (Å²) < 4.78 is 13.8. The van der Waals surface area contributed by atoms with E-state index in [1.165, 1.54) is 0 Å². The van der Waals surface area contributed by atoms with Gasteiger partial charge in [-0.1, -0.05) is 33.8 Å². The fraction of sp³-hybridized carbons (Fsp3) is 0.667. The van der Waals surface area contributed by atoms with E-state index >= 15 is 0 Å². The molecule has 0 aliphatic heterocycles. The topological polar surface area (TPSA) is 0 Å². The Bertz CT molecular complexity index is 244. The summed E-state index contributed by atoms with van der Waals surface area (Å²) in [5.74, 6) is 0.729. The van der Waals surface area contributed by atoms with Crippen molar-refractivity contribution in [2.75, 3.05) is 0 Å². The lowest BCUT2D eigenvalue weighted by atomic mass is 9.86. The first-order valence-corrected chi connectivity index (χ1v) is 5.13. The van der Waals surface area contributed by atoms with E-state index in [1.54, 1.807) is 0 Å². The van der Waals surface area contributed by atoms with Crippen LogP contribution in [0.3, 0.4) is 0 Å². The van der Waals surface area contributed by atoms with E-state index in [2.05, 4.69) is 27.7 Å². The zero-order valence-corrected chi connectivity index (χ0v) is 9.02. The van der Waals surface area contributed by atoms with Gasteiger partial charge in [0, 0.05) is 0 Å². The summed E-state index contributed by atoms with van der Waals surface area (Å²) in [5.41, 5.74) is 1.92. The lowest BCUT2D eigenvalue weighted by Gasteiger charge is -2.21. The zero-order valence-electron chi connectivity index (χ0n) is 9.02. The number of hydrogen-bond donors (Lipinski definition) is 0. The van der Waals surface area contributed by atoms with Crippen LogP contribution in [-0.4, -0.2) is 0 Å². The normalized spacial score (nSPS) is 18.5. The minimum atomic E-state index is 0.0660. The van der Waals surface area contributed by atoms with Gasteiger partial charge >= 0.3 is 0 Å². The SMILES string of the molecule is CC(C)C1=CCCC(C(C)C)=C1F. The summed E-state index contributed by atoms with van der Waals surface area (Å²) in [6, 6.07) is 0. The van der Waals surface area contributed by atoms with Crippen molar-refractivity contribution in [3.05, 3.63) is 23.0 Å². The second-order valence-electron chi connectivity index (χ2n) is 4.35. The molecule has 0 amide bonds. The summed E-state index contributed by atoms with van der Waals surface area (Å²) in [7, 11) is 0. The lowest BCUT2D eigenvalue weighted by molar-refractivity contribution is 0.546. The standard InChI is InChI=1S/C12H19F/c1-8(2)10-6-5-7-11(9(3)4)12(10)13/h6,8-9H,5,7H2,1-4H3. The molecule has 0 aromatic rings. The molecule has 1 aliphatic carbocycles. The van der Waals surface area contributed by atoms with Gasteiger partial charge in [0.1, 0.15) is 5.83 Å². The molecule has 1 rings (SSSR count). The first-order valence-electron chi connectivity index (χ1n) is 5.13. The second-order valence-corrected chi connectivity index (χ2v) is 4.35. The van der Waals surface area contributed by atoms with Crippen LogP contribution < -0.4 is 0 Å². The van der Waals surface area contributed by atoms with Gasteiger partial charge in [0.25, 0.3) is 0 Å². The molecule has 0 N–H and O–H groups in total.